The van der Waals surface area contributed by atoms with Crippen LogP contribution < -0.4 is 4.74 Å². The van der Waals surface area contributed by atoms with Crippen molar-refractivity contribution in [3.8, 4) is 51.8 Å². The molecular weight excluding hydrogens is 727 g/mol. The van der Waals surface area contributed by atoms with Crippen LogP contribution in [0, 0.1) is 11.8 Å². The molecule has 0 amide bonds. The number of benzene rings is 7. The van der Waals surface area contributed by atoms with Gasteiger partial charge in [-0.2, -0.15) is 0 Å². The van der Waals surface area contributed by atoms with Gasteiger partial charge in [-0.1, -0.05) is 109 Å². The van der Waals surface area contributed by atoms with Crippen LogP contribution in [-0.2, 0) is 0 Å². The van der Waals surface area contributed by atoms with E-state index in [1.165, 1.54) is 16.3 Å². The van der Waals surface area contributed by atoms with Crippen LogP contribution in [0.25, 0.3) is 94.7 Å². The third-order valence-electron chi connectivity index (χ3n) is 12.3. The SMILES string of the molecule is C1#CC2Oc3ccc(-c4nc(-c5ccc6ccc7ccccc7c6c5)nc(-c5cc(C6CC=Cc7oc8ccccc8c76)cc6oc7ccccc7c56)n4)cc3C2C=C1. The summed E-state index contributed by atoms with van der Waals surface area (Å²) in [5.74, 6) is 9.85. The topological polar surface area (TPSA) is 74.2 Å². The average molecular weight is 758 g/mol. The van der Waals surface area contributed by atoms with Crippen molar-refractivity contribution in [2.45, 2.75) is 24.4 Å². The standard InChI is InChI=1S/C53H31N3O3/c1-2-11-35-30(10-1)20-21-31-22-23-32(26-40(31)35)51-54-52(33-24-25-46-41(27-33)37-12-3-6-16-43(37)57-46)56-53(55-51)42-28-34(29-48-50(42)39-14-5-8-18-45(39)59-48)36-15-9-19-47-49(36)38-13-4-7-17-44(38)58-47/h1-5,7-14,17-29,36-37,43H,15H2. The van der Waals surface area contributed by atoms with Gasteiger partial charge in [-0.05, 0) is 94.2 Å². The van der Waals surface area contributed by atoms with Crippen LogP contribution in [0.1, 0.15) is 40.7 Å². The van der Waals surface area contributed by atoms with Crippen molar-refractivity contribution in [1.82, 2.24) is 15.0 Å². The highest BCUT2D eigenvalue weighted by atomic mass is 16.5. The van der Waals surface area contributed by atoms with Crippen LogP contribution in [0.4, 0.5) is 0 Å². The van der Waals surface area contributed by atoms with E-state index >= 15 is 0 Å². The minimum absolute atomic E-state index is 0.0286. The molecule has 0 spiro atoms. The maximum atomic E-state index is 6.68. The maximum absolute atomic E-state index is 6.68. The highest BCUT2D eigenvalue weighted by Crippen LogP contribution is 2.46. The van der Waals surface area contributed by atoms with E-state index < -0.39 is 0 Å². The molecule has 3 atom stereocenters. The Balaban J connectivity index is 1.07. The van der Waals surface area contributed by atoms with Gasteiger partial charge < -0.3 is 13.6 Å². The largest absolute Gasteiger partial charge is 0.476 e. The molecule has 0 fully saturated rings. The molecule has 6 heteroatoms. The second-order valence-electron chi connectivity index (χ2n) is 15.6. The summed E-state index contributed by atoms with van der Waals surface area (Å²) in [5.41, 5.74) is 8.53. The first-order valence-electron chi connectivity index (χ1n) is 20.0. The normalized spacial score (nSPS) is 17.6. The molecule has 0 N–H and O–H groups in total. The van der Waals surface area contributed by atoms with Gasteiger partial charge in [0.15, 0.2) is 23.6 Å². The van der Waals surface area contributed by atoms with Gasteiger partial charge in [0.2, 0.25) is 0 Å². The van der Waals surface area contributed by atoms with Crippen LogP contribution in [-0.4, -0.2) is 21.1 Å². The Hall–Kier alpha value is -7.75. The highest BCUT2D eigenvalue weighted by molar-refractivity contribution is 6.12. The van der Waals surface area contributed by atoms with Crippen LogP contribution in [0.15, 0.2) is 161 Å². The Bertz CT molecular complexity index is 3560. The molecule has 7 aromatic carbocycles. The van der Waals surface area contributed by atoms with Crippen molar-refractivity contribution in [1.29, 1.82) is 0 Å². The smallest absolute Gasteiger partial charge is 0.169 e. The van der Waals surface area contributed by atoms with Gasteiger partial charge in [-0.15, -0.1) is 0 Å². The number of rotatable bonds is 4. The summed E-state index contributed by atoms with van der Waals surface area (Å²) in [6.07, 6.45) is 8.97. The van der Waals surface area contributed by atoms with Crippen molar-refractivity contribution in [2.24, 2.45) is 0 Å². The predicted octanol–water partition coefficient (Wildman–Crippen LogP) is 12.8. The number of hydrogen-bond donors (Lipinski definition) is 0. The van der Waals surface area contributed by atoms with Crippen LogP contribution in [0.3, 0.4) is 0 Å². The summed E-state index contributed by atoms with van der Waals surface area (Å²) in [7, 11) is 0. The Morgan fingerprint density at radius 3 is 2.19 bits per heavy atom. The van der Waals surface area contributed by atoms with Gasteiger partial charge in [0, 0.05) is 49.9 Å². The summed E-state index contributed by atoms with van der Waals surface area (Å²) >= 11 is 0. The van der Waals surface area contributed by atoms with Gasteiger partial charge in [-0.25, -0.2) is 15.0 Å². The van der Waals surface area contributed by atoms with Gasteiger partial charge in [0.25, 0.3) is 0 Å². The number of nitrogens with zero attached hydrogens (tertiary/aromatic N) is 3. The van der Waals surface area contributed by atoms with E-state index in [9.17, 15) is 0 Å². The zero-order chi connectivity index (χ0) is 38.6. The molecule has 0 saturated heterocycles. The molecule has 10 aromatic rings. The molecule has 4 heterocycles. The maximum Gasteiger partial charge on any atom is 0.169 e. The van der Waals surface area contributed by atoms with Gasteiger partial charge in [0.05, 0.1) is 5.92 Å². The Kier molecular flexibility index (Phi) is 6.78. The first-order valence-corrected chi connectivity index (χ1v) is 20.0. The fourth-order valence-corrected chi connectivity index (χ4v) is 9.48. The van der Waals surface area contributed by atoms with E-state index in [0.29, 0.717) is 17.5 Å². The average Bonchev–Trinajstić information content (AvgIpc) is 3.99. The molecular formula is C53H31N3O3. The molecule has 1 aliphatic heterocycles. The number of ether oxygens (including phenoxy) is 1. The fourth-order valence-electron chi connectivity index (χ4n) is 9.48. The van der Waals surface area contributed by atoms with Crippen LogP contribution in [0.5, 0.6) is 5.75 Å². The third-order valence-corrected chi connectivity index (χ3v) is 12.3. The number of fused-ring (bicyclic) bond motifs is 12. The summed E-state index contributed by atoms with van der Waals surface area (Å²) in [5, 5.41) is 7.78. The molecule has 3 aromatic heterocycles. The minimum Gasteiger partial charge on any atom is -0.476 e. The lowest BCUT2D eigenvalue weighted by Gasteiger charge is -2.20. The number of hydrogen-bond acceptors (Lipinski definition) is 6. The first-order chi connectivity index (χ1) is 29.2. The summed E-state index contributed by atoms with van der Waals surface area (Å²) < 4.78 is 19.3. The second-order valence-corrected chi connectivity index (χ2v) is 15.6. The first kappa shape index (κ1) is 32.3. The van der Waals surface area contributed by atoms with Crippen LogP contribution in [0.2, 0.25) is 0 Å². The lowest BCUT2D eigenvalue weighted by molar-refractivity contribution is 0.279. The monoisotopic (exact) mass is 757 g/mol. The zero-order valence-corrected chi connectivity index (χ0v) is 31.5. The van der Waals surface area contributed by atoms with E-state index in [1.807, 2.05) is 42.5 Å². The lowest BCUT2D eigenvalue weighted by atomic mass is 9.82. The van der Waals surface area contributed by atoms with Crippen molar-refractivity contribution < 1.29 is 13.6 Å². The number of para-hydroxylation sites is 2. The minimum atomic E-state index is -0.199. The third kappa shape index (κ3) is 4.98. The molecule has 59 heavy (non-hydrogen) atoms. The summed E-state index contributed by atoms with van der Waals surface area (Å²) in [4.78, 5) is 16.0. The molecule has 3 aliphatic rings. The Morgan fingerprint density at radius 2 is 1.31 bits per heavy atom. The van der Waals surface area contributed by atoms with Gasteiger partial charge in [-0.3, -0.25) is 0 Å². The Labute approximate surface area is 338 Å². The molecule has 276 valence electrons. The van der Waals surface area contributed by atoms with Crippen molar-refractivity contribution in [3.05, 3.63) is 174 Å². The van der Waals surface area contributed by atoms with E-state index in [4.69, 9.17) is 28.5 Å². The van der Waals surface area contributed by atoms with E-state index in [-0.39, 0.29) is 17.9 Å². The molecule has 0 radical (unpaired) electrons. The van der Waals surface area contributed by atoms with Crippen LogP contribution >= 0.6 is 0 Å². The predicted molar refractivity (Wildman–Crippen MR) is 234 cm³/mol. The lowest BCUT2D eigenvalue weighted by Crippen LogP contribution is -2.16. The number of furan rings is 2. The van der Waals surface area contributed by atoms with Crippen molar-refractivity contribution >= 4 is 60.5 Å². The van der Waals surface area contributed by atoms with Gasteiger partial charge >= 0.3 is 0 Å². The fraction of sp³-hybridized carbons (Fsp3) is 0.0755. The van der Waals surface area contributed by atoms with E-state index in [2.05, 4.69) is 127 Å². The van der Waals surface area contributed by atoms with Crippen molar-refractivity contribution in [3.63, 3.8) is 0 Å². The van der Waals surface area contributed by atoms with Crippen molar-refractivity contribution in [2.75, 3.05) is 0 Å². The Morgan fingerprint density at radius 1 is 0.593 bits per heavy atom. The number of allylic oxidation sites excluding steroid dienone is 2. The summed E-state index contributed by atoms with van der Waals surface area (Å²) in [6.45, 7) is 0. The molecule has 2 aliphatic carbocycles. The van der Waals surface area contributed by atoms with Gasteiger partial charge in [0.1, 0.15) is 28.3 Å². The molecule has 3 unspecified atom stereocenters. The quantitative estimate of drug-likeness (QED) is 0.131. The zero-order valence-electron chi connectivity index (χ0n) is 31.5. The molecule has 6 nitrogen and oxygen atoms in total. The van der Waals surface area contributed by atoms with E-state index in [1.54, 1.807) is 0 Å². The highest BCUT2D eigenvalue weighted by Gasteiger charge is 2.33. The summed E-state index contributed by atoms with van der Waals surface area (Å²) in [6, 6.07) is 46.5. The molecule has 0 saturated carbocycles. The number of aromatic nitrogens is 3. The molecule has 13 rings (SSSR count). The molecule has 0 bridgehead atoms. The second kappa shape index (κ2) is 12.4. The van der Waals surface area contributed by atoms with E-state index in [0.717, 1.165) is 89.4 Å².